The molecular weight excluding hydrogens is 296 g/mol. The number of benzene rings is 3. The fourth-order valence-electron chi connectivity index (χ4n) is 2.16. The maximum atomic E-state index is 12.1. The van der Waals surface area contributed by atoms with E-state index in [1.807, 2.05) is 48.5 Å². The van der Waals surface area contributed by atoms with Gasteiger partial charge in [0.1, 0.15) is 5.75 Å². The standard InChI is InChI=1S/C19H13ClO2/c20-18-16(14-8-3-1-4-9-14)12-7-13-17(18)22-19(21)15-10-5-2-6-11-15/h1-13H. The second-order valence-corrected chi connectivity index (χ2v) is 5.12. The van der Waals surface area contributed by atoms with Crippen LogP contribution in [-0.2, 0) is 0 Å². The molecule has 0 saturated carbocycles. The zero-order chi connectivity index (χ0) is 15.4. The number of esters is 1. The quantitative estimate of drug-likeness (QED) is 0.489. The summed E-state index contributed by atoms with van der Waals surface area (Å²) in [7, 11) is 0. The van der Waals surface area contributed by atoms with Crippen LogP contribution in [0, 0.1) is 0 Å². The van der Waals surface area contributed by atoms with Gasteiger partial charge in [-0.1, -0.05) is 72.3 Å². The van der Waals surface area contributed by atoms with Gasteiger partial charge in [0.25, 0.3) is 0 Å². The summed E-state index contributed by atoms with van der Waals surface area (Å²) >= 11 is 6.40. The number of hydrogen-bond donors (Lipinski definition) is 0. The second kappa shape index (κ2) is 6.46. The molecule has 108 valence electrons. The van der Waals surface area contributed by atoms with E-state index in [2.05, 4.69) is 0 Å². The third kappa shape index (κ3) is 3.02. The Morgan fingerprint density at radius 1 is 0.773 bits per heavy atom. The van der Waals surface area contributed by atoms with Gasteiger partial charge in [-0.15, -0.1) is 0 Å². The van der Waals surface area contributed by atoms with Crippen molar-refractivity contribution in [2.75, 3.05) is 0 Å². The zero-order valence-corrected chi connectivity index (χ0v) is 12.5. The lowest BCUT2D eigenvalue weighted by molar-refractivity contribution is 0.0735. The highest BCUT2D eigenvalue weighted by atomic mass is 35.5. The Balaban J connectivity index is 1.91. The van der Waals surface area contributed by atoms with Crippen molar-refractivity contribution in [1.29, 1.82) is 0 Å². The van der Waals surface area contributed by atoms with E-state index in [1.165, 1.54) is 0 Å². The minimum atomic E-state index is -0.423. The van der Waals surface area contributed by atoms with Gasteiger partial charge >= 0.3 is 5.97 Å². The second-order valence-electron chi connectivity index (χ2n) is 4.74. The van der Waals surface area contributed by atoms with Gasteiger partial charge in [-0.3, -0.25) is 0 Å². The molecule has 0 aliphatic carbocycles. The zero-order valence-electron chi connectivity index (χ0n) is 11.7. The monoisotopic (exact) mass is 308 g/mol. The molecule has 0 aromatic heterocycles. The van der Waals surface area contributed by atoms with E-state index in [-0.39, 0.29) is 0 Å². The van der Waals surface area contributed by atoms with Crippen LogP contribution >= 0.6 is 11.6 Å². The van der Waals surface area contributed by atoms with Crippen LogP contribution in [0.2, 0.25) is 5.02 Å². The molecule has 0 aliphatic rings. The molecule has 0 atom stereocenters. The van der Waals surface area contributed by atoms with E-state index in [0.29, 0.717) is 16.3 Å². The van der Waals surface area contributed by atoms with Crippen molar-refractivity contribution in [1.82, 2.24) is 0 Å². The Hall–Kier alpha value is -2.58. The Morgan fingerprint density at radius 3 is 2.09 bits per heavy atom. The highest BCUT2D eigenvalue weighted by Gasteiger charge is 2.13. The predicted molar refractivity (Wildman–Crippen MR) is 88.3 cm³/mol. The van der Waals surface area contributed by atoms with Crippen LogP contribution < -0.4 is 4.74 Å². The molecule has 0 radical (unpaired) electrons. The highest BCUT2D eigenvalue weighted by Crippen LogP contribution is 2.35. The lowest BCUT2D eigenvalue weighted by atomic mass is 10.1. The summed E-state index contributed by atoms with van der Waals surface area (Å²) in [5.41, 5.74) is 2.30. The first kappa shape index (κ1) is 14.4. The van der Waals surface area contributed by atoms with Crippen molar-refractivity contribution in [2.45, 2.75) is 0 Å². The Bertz CT molecular complexity index is 783. The van der Waals surface area contributed by atoms with Gasteiger partial charge in [0, 0.05) is 5.56 Å². The van der Waals surface area contributed by atoms with Crippen molar-refractivity contribution in [3.8, 4) is 16.9 Å². The van der Waals surface area contributed by atoms with Crippen LogP contribution in [0.1, 0.15) is 10.4 Å². The summed E-state index contributed by atoms with van der Waals surface area (Å²) < 4.78 is 5.42. The Morgan fingerprint density at radius 2 is 1.41 bits per heavy atom. The molecule has 3 heteroatoms. The third-order valence-electron chi connectivity index (χ3n) is 3.26. The molecule has 0 saturated heterocycles. The summed E-state index contributed by atoms with van der Waals surface area (Å²) in [6.07, 6.45) is 0. The molecule has 0 unspecified atom stereocenters. The maximum Gasteiger partial charge on any atom is 0.343 e. The van der Waals surface area contributed by atoms with E-state index in [9.17, 15) is 4.79 Å². The average molecular weight is 309 g/mol. The van der Waals surface area contributed by atoms with E-state index in [4.69, 9.17) is 16.3 Å². The summed E-state index contributed by atoms with van der Waals surface area (Å²) in [6.45, 7) is 0. The number of carbonyl (C=O) groups is 1. The molecule has 0 N–H and O–H groups in total. The smallest absolute Gasteiger partial charge is 0.343 e. The first-order chi connectivity index (χ1) is 10.8. The van der Waals surface area contributed by atoms with Gasteiger partial charge in [0.05, 0.1) is 10.6 Å². The normalized spacial score (nSPS) is 10.2. The SMILES string of the molecule is O=C(Oc1cccc(-c2ccccc2)c1Cl)c1ccccc1. The van der Waals surface area contributed by atoms with Gasteiger partial charge < -0.3 is 4.74 Å². The van der Waals surface area contributed by atoms with Gasteiger partial charge in [-0.05, 0) is 23.8 Å². The third-order valence-corrected chi connectivity index (χ3v) is 3.65. The Labute approximate surface area is 133 Å². The molecule has 0 spiro atoms. The van der Waals surface area contributed by atoms with Crippen LogP contribution in [0.3, 0.4) is 0 Å². The number of rotatable bonds is 3. The van der Waals surface area contributed by atoms with Crippen molar-refractivity contribution >= 4 is 17.6 Å². The largest absolute Gasteiger partial charge is 0.421 e. The predicted octanol–water partition coefficient (Wildman–Crippen LogP) is 5.23. The van der Waals surface area contributed by atoms with Crippen LogP contribution in [0.4, 0.5) is 0 Å². The lowest BCUT2D eigenvalue weighted by Gasteiger charge is -2.10. The van der Waals surface area contributed by atoms with Gasteiger partial charge in [-0.25, -0.2) is 4.79 Å². The van der Waals surface area contributed by atoms with Crippen molar-refractivity contribution in [3.05, 3.63) is 89.4 Å². The fourth-order valence-corrected chi connectivity index (χ4v) is 2.44. The minimum Gasteiger partial charge on any atom is -0.421 e. The highest BCUT2D eigenvalue weighted by molar-refractivity contribution is 6.35. The number of ether oxygens (including phenoxy) is 1. The van der Waals surface area contributed by atoms with Crippen molar-refractivity contribution < 1.29 is 9.53 Å². The van der Waals surface area contributed by atoms with Crippen LogP contribution in [0.5, 0.6) is 5.75 Å². The number of hydrogen-bond acceptors (Lipinski definition) is 2. The molecule has 3 aromatic rings. The summed E-state index contributed by atoms with van der Waals surface area (Å²) in [6, 6.07) is 24.0. The van der Waals surface area contributed by atoms with Gasteiger partial charge in [0.2, 0.25) is 0 Å². The molecule has 0 aliphatic heterocycles. The molecule has 3 rings (SSSR count). The number of halogens is 1. The summed E-state index contributed by atoms with van der Waals surface area (Å²) in [4.78, 5) is 12.1. The average Bonchev–Trinajstić information content (AvgIpc) is 2.58. The molecule has 0 fully saturated rings. The van der Waals surface area contributed by atoms with E-state index >= 15 is 0 Å². The first-order valence-electron chi connectivity index (χ1n) is 6.87. The lowest BCUT2D eigenvalue weighted by Crippen LogP contribution is -2.08. The van der Waals surface area contributed by atoms with Crippen LogP contribution in [0.25, 0.3) is 11.1 Å². The molecule has 0 amide bonds. The molecule has 2 nitrogen and oxygen atoms in total. The molecule has 22 heavy (non-hydrogen) atoms. The number of carbonyl (C=O) groups excluding carboxylic acids is 1. The van der Waals surface area contributed by atoms with Crippen LogP contribution in [-0.4, -0.2) is 5.97 Å². The topological polar surface area (TPSA) is 26.3 Å². The van der Waals surface area contributed by atoms with Crippen molar-refractivity contribution in [3.63, 3.8) is 0 Å². The van der Waals surface area contributed by atoms with E-state index in [1.54, 1.807) is 30.3 Å². The maximum absolute atomic E-state index is 12.1. The Kier molecular flexibility index (Phi) is 4.22. The molecule has 0 heterocycles. The summed E-state index contributed by atoms with van der Waals surface area (Å²) in [5, 5.41) is 0.429. The fraction of sp³-hybridized carbons (Fsp3) is 0. The molecule has 0 bridgehead atoms. The minimum absolute atomic E-state index is 0.358. The molecular formula is C19H13ClO2. The van der Waals surface area contributed by atoms with E-state index in [0.717, 1.165) is 11.1 Å². The summed E-state index contributed by atoms with van der Waals surface area (Å²) in [5.74, 6) is -0.0652. The first-order valence-corrected chi connectivity index (χ1v) is 7.24. The van der Waals surface area contributed by atoms with Gasteiger partial charge in [0.15, 0.2) is 0 Å². The molecule has 3 aromatic carbocycles. The van der Waals surface area contributed by atoms with E-state index < -0.39 is 5.97 Å². The van der Waals surface area contributed by atoms with Crippen LogP contribution in [0.15, 0.2) is 78.9 Å². The van der Waals surface area contributed by atoms with Gasteiger partial charge in [-0.2, -0.15) is 0 Å². The van der Waals surface area contributed by atoms with Crippen molar-refractivity contribution in [2.24, 2.45) is 0 Å².